The highest BCUT2D eigenvalue weighted by Crippen LogP contribution is 2.46. The predicted octanol–water partition coefficient (Wildman–Crippen LogP) is 2.69. The van der Waals surface area contributed by atoms with E-state index in [0.29, 0.717) is 0 Å². The predicted molar refractivity (Wildman–Crippen MR) is 139 cm³/mol. The minimum absolute atomic E-state index is 0.0332. The van der Waals surface area contributed by atoms with E-state index in [9.17, 15) is 23.7 Å². The smallest absolute Gasteiger partial charge is 0.406 e. The van der Waals surface area contributed by atoms with Crippen molar-refractivity contribution < 1.29 is 32.7 Å². The number of H-pyrrole nitrogens is 1. The number of ether oxygens (including phenoxy) is 2. The third-order valence-corrected chi connectivity index (χ3v) is 8.47. The van der Waals surface area contributed by atoms with Crippen molar-refractivity contribution in [2.75, 3.05) is 25.6 Å². The Labute approximate surface area is 220 Å². The normalized spacial score (nSPS) is 22.5. The van der Waals surface area contributed by atoms with E-state index in [1.807, 2.05) is 6.92 Å². The number of rotatable bonds is 12. The minimum atomic E-state index is -4.01. The summed E-state index contributed by atoms with van der Waals surface area (Å²) in [7, 11) is -4.01. The molecular weight excluding hydrogens is 525 g/mol. The van der Waals surface area contributed by atoms with Gasteiger partial charge in [-0.15, -0.1) is 0 Å². The first-order valence-electron chi connectivity index (χ1n) is 12.1. The van der Waals surface area contributed by atoms with Crippen LogP contribution in [0.1, 0.15) is 54.7 Å². The lowest BCUT2D eigenvalue weighted by molar-refractivity contribution is -0.149. The Morgan fingerprint density at radius 2 is 1.95 bits per heavy atom. The Balaban J connectivity index is 2.06. The second-order valence-electron chi connectivity index (χ2n) is 10.2. The van der Waals surface area contributed by atoms with E-state index in [-0.39, 0.29) is 48.6 Å². The van der Waals surface area contributed by atoms with Crippen LogP contribution in [-0.2, 0) is 32.7 Å². The van der Waals surface area contributed by atoms with Gasteiger partial charge in [0.05, 0.1) is 25.9 Å². The molecule has 0 saturated carbocycles. The lowest BCUT2D eigenvalue weighted by Gasteiger charge is -2.25. The average molecular weight is 564 g/mol. The zero-order valence-corrected chi connectivity index (χ0v) is 24.1. The van der Waals surface area contributed by atoms with Crippen molar-refractivity contribution >= 4 is 30.6 Å². The van der Waals surface area contributed by atoms with E-state index in [2.05, 4.69) is 10.1 Å². The molecule has 0 bridgehead atoms. The number of carbonyl (C=O) groups excluding carboxylic acids is 2. The summed E-state index contributed by atoms with van der Waals surface area (Å²) in [6.45, 7) is 12.2. The molecule has 1 fully saturated rings. The first-order valence-corrected chi connectivity index (χ1v) is 14.6. The Bertz CT molecular complexity index is 1100. The number of esters is 1. The second kappa shape index (κ2) is 13.3. The summed E-state index contributed by atoms with van der Waals surface area (Å²) < 4.78 is 37.1. The molecule has 1 aromatic heterocycles. The Hall–Kier alpha value is -1.76. The number of nitrogens with zero attached hydrogens (tertiary/aromatic N) is 1. The van der Waals surface area contributed by atoms with Crippen molar-refractivity contribution in [3.05, 3.63) is 33.1 Å². The van der Waals surface area contributed by atoms with Crippen molar-refractivity contribution in [1.29, 1.82) is 0 Å². The lowest BCUT2D eigenvalue weighted by atomic mass is 9.97. The molecule has 37 heavy (non-hydrogen) atoms. The maximum absolute atomic E-state index is 13.6. The van der Waals surface area contributed by atoms with E-state index in [1.165, 1.54) is 23.8 Å². The standard InChI is InChI=1S/C23H38N3O9PS/c1-14(2)35-20(28)16(4)25-36(31,33-10-11-37-21(29)23(5,6)7)34-13-17-12-32-19(15(17)3)26-9-8-18(27)24-22(26)30/h8-9,14-17,19H,10-13H2,1-7H3,(H,25,31)(H,24,27,30)/t15-,16-,17?,19+,36?/m0/s1. The summed E-state index contributed by atoms with van der Waals surface area (Å²) in [5.41, 5.74) is -1.63. The second-order valence-corrected chi connectivity index (χ2v) is 13.0. The van der Waals surface area contributed by atoms with Gasteiger partial charge in [-0.3, -0.25) is 33.0 Å². The molecule has 12 nitrogen and oxygen atoms in total. The largest absolute Gasteiger partial charge is 0.462 e. The van der Waals surface area contributed by atoms with Gasteiger partial charge in [-0.05, 0) is 20.8 Å². The van der Waals surface area contributed by atoms with Crippen LogP contribution < -0.4 is 16.3 Å². The molecule has 5 atom stereocenters. The third kappa shape index (κ3) is 9.49. The summed E-state index contributed by atoms with van der Waals surface area (Å²) in [5.74, 6) is -0.872. The highest BCUT2D eigenvalue weighted by molar-refractivity contribution is 8.13. The van der Waals surface area contributed by atoms with E-state index in [4.69, 9.17) is 18.5 Å². The third-order valence-electron chi connectivity index (χ3n) is 5.51. The molecule has 1 saturated heterocycles. The summed E-state index contributed by atoms with van der Waals surface area (Å²) >= 11 is 1.06. The van der Waals surface area contributed by atoms with Gasteiger partial charge in [-0.25, -0.2) is 14.4 Å². The molecule has 0 radical (unpaired) electrons. The SMILES string of the molecule is CC(C)OC(=O)[C@H](C)NP(=O)(OCCSC(=O)C(C)(C)C)OCC1CO[C@@H](n2ccc(=O)[nH]c2=O)[C@H]1C. The molecule has 14 heteroatoms. The van der Waals surface area contributed by atoms with Gasteiger partial charge in [0.1, 0.15) is 12.3 Å². The highest BCUT2D eigenvalue weighted by atomic mass is 32.2. The molecule has 0 aromatic carbocycles. The van der Waals surface area contributed by atoms with Gasteiger partial charge in [0.15, 0.2) is 5.12 Å². The molecule has 1 aromatic rings. The van der Waals surface area contributed by atoms with Crippen LogP contribution in [0.2, 0.25) is 0 Å². The van der Waals surface area contributed by atoms with Gasteiger partial charge in [0, 0.05) is 35.3 Å². The molecule has 2 N–H and O–H groups in total. The maximum atomic E-state index is 13.6. The van der Waals surface area contributed by atoms with Gasteiger partial charge in [0.25, 0.3) is 5.56 Å². The summed E-state index contributed by atoms with van der Waals surface area (Å²) in [6.07, 6.45) is 0.355. The van der Waals surface area contributed by atoms with Crippen LogP contribution in [-0.4, -0.2) is 58.4 Å². The van der Waals surface area contributed by atoms with E-state index >= 15 is 0 Å². The molecule has 1 aliphatic heterocycles. The monoisotopic (exact) mass is 563 g/mol. The Kier molecular flexibility index (Phi) is 11.3. The minimum Gasteiger partial charge on any atom is -0.462 e. The van der Waals surface area contributed by atoms with Crippen molar-refractivity contribution in [2.24, 2.45) is 17.3 Å². The van der Waals surface area contributed by atoms with Gasteiger partial charge in [-0.1, -0.05) is 39.5 Å². The van der Waals surface area contributed by atoms with E-state index in [0.717, 1.165) is 11.8 Å². The van der Waals surface area contributed by atoms with Crippen LogP contribution in [0.25, 0.3) is 0 Å². The molecular formula is C23H38N3O9PS. The molecule has 0 spiro atoms. The first-order chi connectivity index (χ1) is 17.1. The fourth-order valence-corrected chi connectivity index (χ4v) is 5.79. The van der Waals surface area contributed by atoms with Crippen molar-refractivity contribution in [1.82, 2.24) is 14.6 Å². The number of aromatic amines is 1. The molecule has 2 heterocycles. The van der Waals surface area contributed by atoms with Gasteiger partial charge in [0.2, 0.25) is 0 Å². The van der Waals surface area contributed by atoms with Crippen molar-refractivity contribution in [3.63, 3.8) is 0 Å². The number of carbonyl (C=O) groups is 2. The van der Waals surface area contributed by atoms with Gasteiger partial charge >= 0.3 is 19.4 Å². The van der Waals surface area contributed by atoms with E-state index < -0.39 is 42.6 Å². The maximum Gasteiger partial charge on any atom is 0.406 e. The molecule has 1 aliphatic rings. The topological polar surface area (TPSA) is 155 Å². The number of nitrogens with one attached hydrogen (secondary N) is 2. The first kappa shape index (κ1) is 31.5. The fourth-order valence-electron chi connectivity index (χ4n) is 3.36. The van der Waals surface area contributed by atoms with Crippen LogP contribution in [0.15, 0.2) is 21.9 Å². The molecule has 0 aliphatic carbocycles. The summed E-state index contributed by atoms with van der Waals surface area (Å²) in [5, 5.41) is 2.59. The van der Waals surface area contributed by atoms with Crippen LogP contribution in [0, 0.1) is 17.3 Å². The Morgan fingerprint density at radius 3 is 2.54 bits per heavy atom. The molecule has 2 unspecified atom stereocenters. The number of aromatic nitrogens is 2. The zero-order chi connectivity index (χ0) is 28.0. The average Bonchev–Trinajstić information content (AvgIpc) is 3.14. The number of thioether (sulfide) groups is 1. The Morgan fingerprint density at radius 1 is 1.27 bits per heavy atom. The van der Waals surface area contributed by atoms with Crippen LogP contribution in [0.3, 0.4) is 0 Å². The zero-order valence-electron chi connectivity index (χ0n) is 22.3. The number of hydrogen-bond acceptors (Lipinski definition) is 10. The van der Waals surface area contributed by atoms with Crippen molar-refractivity contribution in [2.45, 2.75) is 66.8 Å². The van der Waals surface area contributed by atoms with Crippen molar-refractivity contribution in [3.8, 4) is 0 Å². The molecule has 210 valence electrons. The fraction of sp³-hybridized carbons (Fsp3) is 0.739. The molecule has 0 amide bonds. The summed E-state index contributed by atoms with van der Waals surface area (Å²) in [4.78, 5) is 50.2. The van der Waals surface area contributed by atoms with Crippen LogP contribution in [0.5, 0.6) is 0 Å². The number of hydrogen-bond donors (Lipinski definition) is 2. The van der Waals surface area contributed by atoms with Crippen LogP contribution >= 0.6 is 19.5 Å². The van der Waals surface area contributed by atoms with Crippen LogP contribution in [0.4, 0.5) is 0 Å². The van der Waals surface area contributed by atoms with Gasteiger partial charge < -0.3 is 9.47 Å². The lowest BCUT2D eigenvalue weighted by Crippen LogP contribution is -2.36. The highest BCUT2D eigenvalue weighted by Gasteiger charge is 2.39. The summed E-state index contributed by atoms with van der Waals surface area (Å²) in [6, 6.07) is 0.245. The quantitative estimate of drug-likeness (QED) is 0.219. The van der Waals surface area contributed by atoms with Gasteiger partial charge in [-0.2, -0.15) is 0 Å². The molecule has 2 rings (SSSR count). The van der Waals surface area contributed by atoms with E-state index in [1.54, 1.807) is 34.6 Å².